The van der Waals surface area contributed by atoms with Gasteiger partial charge in [0.2, 0.25) is 0 Å². The zero-order chi connectivity index (χ0) is 10.7. The van der Waals surface area contributed by atoms with Gasteiger partial charge in [-0.05, 0) is 31.1 Å². The number of hydrogen-bond acceptors (Lipinski definition) is 2. The maximum absolute atomic E-state index is 12.1. The molecule has 0 spiro atoms. The minimum absolute atomic E-state index is 0.0143. The molecule has 2 fully saturated rings. The molecule has 2 nitrogen and oxygen atoms in total. The highest BCUT2D eigenvalue weighted by Crippen LogP contribution is 2.65. The lowest BCUT2D eigenvalue weighted by atomic mass is 9.70. The van der Waals surface area contributed by atoms with E-state index in [0.717, 1.165) is 12.8 Å². The first-order valence-corrected chi connectivity index (χ1v) is 5.37. The maximum atomic E-state index is 12.1. The molecule has 0 heterocycles. The summed E-state index contributed by atoms with van der Waals surface area (Å²) in [5, 5.41) is 0. The molecule has 2 bridgehead atoms. The first-order valence-electron chi connectivity index (χ1n) is 5.37. The van der Waals surface area contributed by atoms with Crippen LogP contribution in [0, 0.1) is 22.7 Å². The lowest BCUT2D eigenvalue weighted by Gasteiger charge is -2.32. The first kappa shape index (κ1) is 9.88. The van der Waals surface area contributed by atoms with E-state index in [1.54, 1.807) is 6.92 Å². The molecule has 0 radical (unpaired) electrons. The van der Waals surface area contributed by atoms with Crippen LogP contribution in [0.1, 0.15) is 40.5 Å². The maximum Gasteiger partial charge on any atom is 0.150 e. The lowest BCUT2D eigenvalue weighted by molar-refractivity contribution is -0.137. The van der Waals surface area contributed by atoms with Crippen molar-refractivity contribution in [2.75, 3.05) is 0 Å². The molecule has 0 aromatic rings. The molecule has 14 heavy (non-hydrogen) atoms. The zero-order valence-electron chi connectivity index (χ0n) is 9.39. The average molecular weight is 194 g/mol. The molecule has 78 valence electrons. The Morgan fingerprint density at radius 3 is 2.21 bits per heavy atom. The fourth-order valence-electron chi connectivity index (χ4n) is 3.55. The Labute approximate surface area is 85.1 Å². The predicted molar refractivity (Wildman–Crippen MR) is 53.8 cm³/mol. The Morgan fingerprint density at radius 1 is 1.36 bits per heavy atom. The molecular formula is C12H18O2. The second kappa shape index (κ2) is 2.47. The summed E-state index contributed by atoms with van der Waals surface area (Å²) in [5.74, 6) is 0.254. The monoisotopic (exact) mass is 194 g/mol. The summed E-state index contributed by atoms with van der Waals surface area (Å²) in [6.45, 7) is 7.89. The molecule has 2 aliphatic rings. The van der Waals surface area contributed by atoms with Gasteiger partial charge >= 0.3 is 0 Å². The van der Waals surface area contributed by atoms with Gasteiger partial charge in [-0.2, -0.15) is 0 Å². The van der Waals surface area contributed by atoms with Crippen LogP contribution in [0.25, 0.3) is 0 Å². The van der Waals surface area contributed by atoms with Gasteiger partial charge in [0, 0.05) is 5.41 Å². The lowest BCUT2D eigenvalue weighted by Crippen LogP contribution is -2.34. The average Bonchev–Trinajstić information content (AvgIpc) is 2.35. The van der Waals surface area contributed by atoms with E-state index < -0.39 is 0 Å². The zero-order valence-corrected chi connectivity index (χ0v) is 9.39. The molecule has 3 atom stereocenters. The Balaban J connectivity index is 2.49. The molecule has 2 heteroatoms. The van der Waals surface area contributed by atoms with Crippen LogP contribution in [-0.2, 0) is 9.59 Å². The fourth-order valence-corrected chi connectivity index (χ4v) is 3.55. The van der Waals surface area contributed by atoms with E-state index in [0.29, 0.717) is 0 Å². The summed E-state index contributed by atoms with van der Waals surface area (Å²) in [4.78, 5) is 23.6. The SMILES string of the molecule is CC(=O)C1C(=O)[C@]2(C)CC[C@H]1C2(C)C. The van der Waals surface area contributed by atoms with Crippen molar-refractivity contribution in [3.63, 3.8) is 0 Å². The van der Waals surface area contributed by atoms with E-state index in [9.17, 15) is 9.59 Å². The van der Waals surface area contributed by atoms with Crippen LogP contribution in [0.5, 0.6) is 0 Å². The quantitative estimate of drug-likeness (QED) is 0.600. The second-order valence-electron chi connectivity index (χ2n) is 5.65. The van der Waals surface area contributed by atoms with E-state index in [2.05, 4.69) is 13.8 Å². The largest absolute Gasteiger partial charge is 0.299 e. The number of Topliss-reactive ketones (excluding diaryl/α,β-unsaturated/α-hetero) is 2. The Morgan fingerprint density at radius 2 is 1.93 bits per heavy atom. The van der Waals surface area contributed by atoms with Crippen molar-refractivity contribution in [1.82, 2.24) is 0 Å². The number of rotatable bonds is 1. The molecule has 1 unspecified atom stereocenters. The molecule has 0 saturated heterocycles. The molecule has 0 aromatic carbocycles. The Bertz CT molecular complexity index is 316. The molecule has 2 aliphatic carbocycles. The first-order chi connectivity index (χ1) is 6.32. The van der Waals surface area contributed by atoms with Crippen LogP contribution < -0.4 is 0 Å². The van der Waals surface area contributed by atoms with E-state index in [1.807, 2.05) is 6.92 Å². The second-order valence-corrected chi connectivity index (χ2v) is 5.65. The van der Waals surface area contributed by atoms with Crippen molar-refractivity contribution in [3.05, 3.63) is 0 Å². The minimum atomic E-state index is -0.302. The molecule has 0 aromatic heterocycles. The van der Waals surface area contributed by atoms with Crippen LogP contribution in [0.15, 0.2) is 0 Å². The summed E-state index contributed by atoms with van der Waals surface area (Å²) < 4.78 is 0. The highest BCUT2D eigenvalue weighted by Gasteiger charge is 2.67. The number of carbonyl (C=O) groups is 2. The van der Waals surface area contributed by atoms with Crippen LogP contribution in [0.2, 0.25) is 0 Å². The van der Waals surface area contributed by atoms with Crippen molar-refractivity contribution >= 4 is 11.6 Å². The molecular weight excluding hydrogens is 176 g/mol. The van der Waals surface area contributed by atoms with Gasteiger partial charge < -0.3 is 0 Å². The van der Waals surface area contributed by atoms with Gasteiger partial charge in [0.15, 0.2) is 0 Å². The standard InChI is InChI=1S/C12H18O2/c1-7(13)9-8-5-6-12(4,10(9)14)11(8,2)3/h8-9H,5-6H2,1-4H3/t8-,9?,12+/m1/s1. The summed E-state index contributed by atoms with van der Waals surface area (Å²) in [6.07, 6.45) is 2.01. The van der Waals surface area contributed by atoms with E-state index in [1.165, 1.54) is 0 Å². The third-order valence-electron chi connectivity index (χ3n) is 4.97. The van der Waals surface area contributed by atoms with Crippen LogP contribution >= 0.6 is 0 Å². The van der Waals surface area contributed by atoms with Crippen LogP contribution in [-0.4, -0.2) is 11.6 Å². The van der Waals surface area contributed by atoms with Crippen molar-refractivity contribution in [2.24, 2.45) is 22.7 Å². The van der Waals surface area contributed by atoms with Crippen LogP contribution in [0.4, 0.5) is 0 Å². The molecule has 0 amide bonds. The third-order valence-corrected chi connectivity index (χ3v) is 4.97. The summed E-state index contributed by atoms with van der Waals surface area (Å²) in [7, 11) is 0. The fraction of sp³-hybridized carbons (Fsp3) is 0.833. The van der Waals surface area contributed by atoms with Crippen molar-refractivity contribution in [3.8, 4) is 0 Å². The van der Waals surface area contributed by atoms with Gasteiger partial charge in [0.1, 0.15) is 11.6 Å². The van der Waals surface area contributed by atoms with E-state index >= 15 is 0 Å². The molecule has 0 N–H and O–H groups in total. The number of fused-ring (bicyclic) bond motifs is 2. The number of carbonyl (C=O) groups excluding carboxylic acids is 2. The minimum Gasteiger partial charge on any atom is -0.299 e. The Kier molecular flexibility index (Phi) is 1.74. The summed E-state index contributed by atoms with van der Waals surface area (Å²) in [5.41, 5.74) is -0.228. The summed E-state index contributed by atoms with van der Waals surface area (Å²) in [6, 6.07) is 0. The number of ketones is 2. The summed E-state index contributed by atoms with van der Waals surface area (Å²) >= 11 is 0. The van der Waals surface area contributed by atoms with Gasteiger partial charge in [-0.3, -0.25) is 9.59 Å². The van der Waals surface area contributed by atoms with E-state index in [4.69, 9.17) is 0 Å². The van der Waals surface area contributed by atoms with Gasteiger partial charge in [-0.15, -0.1) is 0 Å². The van der Waals surface area contributed by atoms with Gasteiger partial charge in [0.05, 0.1) is 5.92 Å². The third kappa shape index (κ3) is 0.825. The molecule has 0 aliphatic heterocycles. The topological polar surface area (TPSA) is 34.1 Å². The highest BCUT2D eigenvalue weighted by atomic mass is 16.2. The molecule has 2 saturated carbocycles. The van der Waals surface area contributed by atoms with Crippen LogP contribution in [0.3, 0.4) is 0 Å². The smallest absolute Gasteiger partial charge is 0.150 e. The van der Waals surface area contributed by atoms with E-state index in [-0.39, 0.29) is 34.2 Å². The normalized spacial score (nSPS) is 44.4. The van der Waals surface area contributed by atoms with Gasteiger partial charge in [-0.25, -0.2) is 0 Å². The predicted octanol–water partition coefficient (Wildman–Crippen LogP) is 2.22. The van der Waals surface area contributed by atoms with Crippen molar-refractivity contribution in [1.29, 1.82) is 0 Å². The Hall–Kier alpha value is -0.660. The molecule has 2 rings (SSSR count). The van der Waals surface area contributed by atoms with Crippen molar-refractivity contribution in [2.45, 2.75) is 40.5 Å². The highest BCUT2D eigenvalue weighted by molar-refractivity contribution is 6.07. The number of hydrogen-bond donors (Lipinski definition) is 0. The van der Waals surface area contributed by atoms with Gasteiger partial charge in [-0.1, -0.05) is 20.8 Å². The van der Waals surface area contributed by atoms with Crippen molar-refractivity contribution < 1.29 is 9.59 Å². The van der Waals surface area contributed by atoms with Gasteiger partial charge in [0.25, 0.3) is 0 Å².